The van der Waals surface area contributed by atoms with Gasteiger partial charge in [0.05, 0.1) is 11.4 Å². The van der Waals surface area contributed by atoms with E-state index in [2.05, 4.69) is 31.9 Å². The molecular formula is C12H14BrN3S. The van der Waals surface area contributed by atoms with Crippen molar-refractivity contribution in [2.45, 2.75) is 32.4 Å². The summed E-state index contributed by atoms with van der Waals surface area (Å²) in [4.78, 5) is 5.96. The van der Waals surface area contributed by atoms with Crippen molar-refractivity contribution in [1.82, 2.24) is 9.55 Å². The number of nitrogens with zero attached hydrogens (tertiary/aromatic N) is 2. The van der Waals surface area contributed by atoms with Crippen LogP contribution in [0.25, 0.3) is 10.6 Å². The first kappa shape index (κ1) is 11.4. The van der Waals surface area contributed by atoms with Crippen LogP contribution in [0.2, 0.25) is 0 Å². The van der Waals surface area contributed by atoms with Crippen molar-refractivity contribution in [3.05, 3.63) is 27.4 Å². The SMILES string of the molecule is NCc1nc(-c2cc(Br)cs2)c2n1CCCC2. The second kappa shape index (κ2) is 4.55. The van der Waals surface area contributed by atoms with Crippen LogP contribution in [0.1, 0.15) is 24.4 Å². The standard InChI is InChI=1S/C12H14BrN3S/c13-8-5-10(17-7-8)12-9-3-1-2-4-16(9)11(6-14)15-12/h5,7H,1-4,6,14H2. The lowest BCUT2D eigenvalue weighted by atomic mass is 10.1. The maximum Gasteiger partial charge on any atom is 0.123 e. The van der Waals surface area contributed by atoms with Crippen LogP contribution >= 0.6 is 27.3 Å². The highest BCUT2D eigenvalue weighted by Crippen LogP contribution is 2.34. The van der Waals surface area contributed by atoms with Crippen molar-refractivity contribution in [3.63, 3.8) is 0 Å². The molecule has 0 aromatic carbocycles. The van der Waals surface area contributed by atoms with Gasteiger partial charge in [0, 0.05) is 22.1 Å². The number of nitrogens with two attached hydrogens (primary N) is 1. The molecular weight excluding hydrogens is 298 g/mol. The number of halogens is 1. The van der Waals surface area contributed by atoms with Crippen LogP contribution in [0, 0.1) is 0 Å². The molecule has 0 unspecified atom stereocenters. The van der Waals surface area contributed by atoms with E-state index in [1.54, 1.807) is 11.3 Å². The maximum absolute atomic E-state index is 5.78. The van der Waals surface area contributed by atoms with Crippen LogP contribution in [-0.2, 0) is 19.5 Å². The Balaban J connectivity index is 2.13. The van der Waals surface area contributed by atoms with Crippen LogP contribution < -0.4 is 5.73 Å². The van der Waals surface area contributed by atoms with E-state index in [4.69, 9.17) is 10.7 Å². The molecule has 0 saturated heterocycles. The van der Waals surface area contributed by atoms with Gasteiger partial charge in [0.15, 0.2) is 0 Å². The van der Waals surface area contributed by atoms with E-state index in [-0.39, 0.29) is 0 Å². The average molecular weight is 312 g/mol. The van der Waals surface area contributed by atoms with Gasteiger partial charge in [-0.3, -0.25) is 0 Å². The molecule has 2 N–H and O–H groups in total. The highest BCUT2D eigenvalue weighted by Gasteiger charge is 2.20. The Kier molecular flexibility index (Phi) is 3.06. The van der Waals surface area contributed by atoms with Gasteiger partial charge in [-0.25, -0.2) is 4.98 Å². The second-order valence-electron chi connectivity index (χ2n) is 4.27. The summed E-state index contributed by atoms with van der Waals surface area (Å²) in [5.41, 5.74) is 8.29. The summed E-state index contributed by atoms with van der Waals surface area (Å²) in [7, 11) is 0. The molecule has 0 atom stereocenters. The Morgan fingerprint density at radius 2 is 2.35 bits per heavy atom. The number of hydrogen-bond acceptors (Lipinski definition) is 3. The van der Waals surface area contributed by atoms with Crippen molar-refractivity contribution < 1.29 is 0 Å². The van der Waals surface area contributed by atoms with Gasteiger partial charge >= 0.3 is 0 Å². The summed E-state index contributed by atoms with van der Waals surface area (Å²) in [5, 5.41) is 2.10. The fourth-order valence-corrected chi connectivity index (χ4v) is 3.85. The minimum Gasteiger partial charge on any atom is -0.330 e. The minimum atomic E-state index is 0.527. The topological polar surface area (TPSA) is 43.8 Å². The molecule has 3 rings (SSSR count). The second-order valence-corrected chi connectivity index (χ2v) is 6.09. The van der Waals surface area contributed by atoms with E-state index >= 15 is 0 Å². The van der Waals surface area contributed by atoms with Gasteiger partial charge in [-0.2, -0.15) is 0 Å². The Morgan fingerprint density at radius 1 is 1.47 bits per heavy atom. The van der Waals surface area contributed by atoms with Crippen LogP contribution in [0.4, 0.5) is 0 Å². The normalized spacial score (nSPS) is 14.9. The molecule has 3 heterocycles. The average Bonchev–Trinajstić information content (AvgIpc) is 2.92. The summed E-state index contributed by atoms with van der Waals surface area (Å²) >= 11 is 5.24. The predicted octanol–water partition coefficient (Wildman–Crippen LogP) is 3.17. The van der Waals surface area contributed by atoms with Crippen LogP contribution in [0.3, 0.4) is 0 Å². The minimum absolute atomic E-state index is 0.527. The van der Waals surface area contributed by atoms with Crippen molar-refractivity contribution >= 4 is 27.3 Å². The third-order valence-electron chi connectivity index (χ3n) is 3.18. The van der Waals surface area contributed by atoms with E-state index in [1.807, 2.05) is 0 Å². The molecule has 0 amide bonds. The number of hydrogen-bond donors (Lipinski definition) is 1. The lowest BCUT2D eigenvalue weighted by Gasteiger charge is -2.16. The predicted molar refractivity (Wildman–Crippen MR) is 74.1 cm³/mol. The molecule has 0 spiro atoms. The van der Waals surface area contributed by atoms with Gasteiger partial charge in [-0.1, -0.05) is 0 Å². The van der Waals surface area contributed by atoms with E-state index < -0.39 is 0 Å². The lowest BCUT2D eigenvalue weighted by molar-refractivity contribution is 0.515. The highest BCUT2D eigenvalue weighted by atomic mass is 79.9. The highest BCUT2D eigenvalue weighted by molar-refractivity contribution is 9.10. The number of thiophene rings is 1. The zero-order valence-electron chi connectivity index (χ0n) is 9.45. The number of imidazole rings is 1. The first-order chi connectivity index (χ1) is 8.29. The lowest BCUT2D eigenvalue weighted by Crippen LogP contribution is -2.15. The summed E-state index contributed by atoms with van der Waals surface area (Å²) in [6.07, 6.45) is 3.62. The molecule has 0 bridgehead atoms. The largest absolute Gasteiger partial charge is 0.330 e. The first-order valence-electron chi connectivity index (χ1n) is 5.82. The van der Waals surface area contributed by atoms with E-state index in [9.17, 15) is 0 Å². The number of rotatable bonds is 2. The monoisotopic (exact) mass is 311 g/mol. The quantitative estimate of drug-likeness (QED) is 0.925. The Labute approximate surface area is 113 Å². The maximum atomic E-state index is 5.78. The fraction of sp³-hybridized carbons (Fsp3) is 0.417. The zero-order valence-corrected chi connectivity index (χ0v) is 11.9. The molecule has 1 aliphatic rings. The van der Waals surface area contributed by atoms with Gasteiger partial charge in [0.25, 0.3) is 0 Å². The molecule has 90 valence electrons. The van der Waals surface area contributed by atoms with Crippen molar-refractivity contribution in [2.24, 2.45) is 5.73 Å². The van der Waals surface area contributed by atoms with Gasteiger partial charge in [0.2, 0.25) is 0 Å². The molecule has 0 aliphatic carbocycles. The molecule has 5 heteroatoms. The molecule has 2 aromatic rings. The molecule has 0 radical (unpaired) electrons. The molecule has 17 heavy (non-hydrogen) atoms. The number of aromatic nitrogens is 2. The summed E-state index contributed by atoms with van der Waals surface area (Å²) < 4.78 is 3.44. The van der Waals surface area contributed by atoms with Crippen molar-refractivity contribution in [2.75, 3.05) is 0 Å². The van der Waals surface area contributed by atoms with Gasteiger partial charge in [0.1, 0.15) is 11.5 Å². The van der Waals surface area contributed by atoms with Crippen LogP contribution in [0.15, 0.2) is 15.9 Å². The Morgan fingerprint density at radius 3 is 3.06 bits per heavy atom. The van der Waals surface area contributed by atoms with Crippen molar-refractivity contribution in [3.8, 4) is 10.6 Å². The third kappa shape index (κ3) is 1.96. The summed E-state index contributed by atoms with van der Waals surface area (Å²) in [5.74, 6) is 1.03. The van der Waals surface area contributed by atoms with E-state index in [1.165, 1.54) is 23.4 Å². The first-order valence-corrected chi connectivity index (χ1v) is 7.49. The zero-order chi connectivity index (χ0) is 11.8. The van der Waals surface area contributed by atoms with Crippen LogP contribution in [-0.4, -0.2) is 9.55 Å². The summed E-state index contributed by atoms with van der Waals surface area (Å²) in [6, 6.07) is 2.14. The molecule has 1 aliphatic heterocycles. The van der Waals surface area contributed by atoms with E-state index in [0.29, 0.717) is 6.54 Å². The van der Waals surface area contributed by atoms with Crippen LogP contribution in [0.5, 0.6) is 0 Å². The molecule has 3 nitrogen and oxygen atoms in total. The third-order valence-corrected chi connectivity index (χ3v) is 4.88. The summed E-state index contributed by atoms with van der Waals surface area (Å²) in [6.45, 7) is 1.60. The van der Waals surface area contributed by atoms with Gasteiger partial charge in [-0.15, -0.1) is 11.3 Å². The molecule has 0 saturated carbocycles. The van der Waals surface area contributed by atoms with E-state index in [0.717, 1.165) is 29.0 Å². The fourth-order valence-electron chi connectivity index (χ4n) is 2.41. The Bertz CT molecular complexity index is 544. The van der Waals surface area contributed by atoms with Gasteiger partial charge < -0.3 is 10.3 Å². The Hall–Kier alpha value is -0.650. The molecule has 2 aromatic heterocycles. The van der Waals surface area contributed by atoms with Gasteiger partial charge in [-0.05, 0) is 41.3 Å². The number of fused-ring (bicyclic) bond motifs is 1. The smallest absolute Gasteiger partial charge is 0.123 e. The van der Waals surface area contributed by atoms with Crippen molar-refractivity contribution in [1.29, 1.82) is 0 Å². The molecule has 0 fully saturated rings.